The second kappa shape index (κ2) is 7.40. The molecule has 1 N–H and O–H groups in total. The van der Waals surface area contributed by atoms with Crippen LogP contribution in [-0.4, -0.2) is 36.5 Å². The molecule has 2 rings (SSSR count). The lowest BCUT2D eigenvalue weighted by molar-refractivity contribution is 0.471. The molecule has 0 bridgehead atoms. The number of thiazole rings is 1. The number of guanidine groups is 1. The van der Waals surface area contributed by atoms with Gasteiger partial charge in [-0.15, -0.1) is 22.7 Å². The van der Waals surface area contributed by atoms with Crippen molar-refractivity contribution >= 4 is 28.6 Å². The molecule has 6 heteroatoms. The molecule has 108 valence electrons. The van der Waals surface area contributed by atoms with Crippen LogP contribution < -0.4 is 5.32 Å². The van der Waals surface area contributed by atoms with Gasteiger partial charge in [-0.3, -0.25) is 4.99 Å². The number of hydrogen-bond donors (Lipinski definition) is 1. The van der Waals surface area contributed by atoms with Crippen molar-refractivity contribution in [3.63, 3.8) is 0 Å². The molecule has 0 saturated heterocycles. The quantitative estimate of drug-likeness (QED) is 0.682. The van der Waals surface area contributed by atoms with E-state index in [-0.39, 0.29) is 0 Å². The van der Waals surface area contributed by atoms with Crippen LogP contribution in [0.4, 0.5) is 0 Å². The van der Waals surface area contributed by atoms with Crippen LogP contribution in [0.2, 0.25) is 0 Å². The Labute approximate surface area is 128 Å². The number of aryl methyl sites for hydroxylation is 1. The fourth-order valence-corrected chi connectivity index (χ4v) is 3.25. The Bertz CT molecular complexity index is 545. The molecule has 0 radical (unpaired) electrons. The summed E-state index contributed by atoms with van der Waals surface area (Å²) in [5.74, 6) is 0.909. The third kappa shape index (κ3) is 4.31. The van der Waals surface area contributed by atoms with Crippen molar-refractivity contribution in [2.45, 2.75) is 19.9 Å². The van der Waals surface area contributed by atoms with Crippen molar-refractivity contribution < 1.29 is 0 Å². The van der Waals surface area contributed by atoms with Gasteiger partial charge in [0.2, 0.25) is 0 Å². The van der Waals surface area contributed by atoms with E-state index in [2.05, 4.69) is 43.1 Å². The van der Waals surface area contributed by atoms with Crippen LogP contribution in [0.5, 0.6) is 0 Å². The van der Waals surface area contributed by atoms with Gasteiger partial charge >= 0.3 is 0 Å². The van der Waals surface area contributed by atoms with Gasteiger partial charge in [0.1, 0.15) is 0 Å². The lowest BCUT2D eigenvalue weighted by Crippen LogP contribution is -2.39. The number of rotatable bonds is 5. The molecule has 0 aliphatic carbocycles. The lowest BCUT2D eigenvalue weighted by atomic mass is 10.3. The second-order valence-electron chi connectivity index (χ2n) is 4.52. The smallest absolute Gasteiger partial charge is 0.193 e. The van der Waals surface area contributed by atoms with Crippen LogP contribution in [0.3, 0.4) is 0 Å². The molecular weight excluding hydrogens is 288 g/mol. The maximum atomic E-state index is 4.48. The minimum absolute atomic E-state index is 0.781. The van der Waals surface area contributed by atoms with Gasteiger partial charge in [-0.1, -0.05) is 6.07 Å². The molecule has 0 aliphatic rings. The Kier molecular flexibility index (Phi) is 5.55. The Morgan fingerprint density at radius 1 is 1.45 bits per heavy atom. The summed E-state index contributed by atoms with van der Waals surface area (Å²) >= 11 is 3.48. The van der Waals surface area contributed by atoms with E-state index in [9.17, 15) is 0 Å². The van der Waals surface area contributed by atoms with Gasteiger partial charge in [0.25, 0.3) is 0 Å². The van der Waals surface area contributed by atoms with E-state index >= 15 is 0 Å². The fourth-order valence-electron chi connectivity index (χ4n) is 1.94. The summed E-state index contributed by atoms with van der Waals surface area (Å²) in [6, 6.07) is 4.25. The number of thiophene rings is 1. The molecule has 2 heterocycles. The summed E-state index contributed by atoms with van der Waals surface area (Å²) in [4.78, 5) is 12.3. The summed E-state index contributed by atoms with van der Waals surface area (Å²) in [5.41, 5.74) is 1.09. The Morgan fingerprint density at radius 3 is 2.90 bits per heavy atom. The summed E-state index contributed by atoms with van der Waals surface area (Å²) in [6.07, 6.45) is 1.03. The highest BCUT2D eigenvalue weighted by molar-refractivity contribution is 7.10. The predicted octanol–water partition coefficient (Wildman–Crippen LogP) is 2.76. The number of aliphatic imine (C=N–C) groups is 1. The molecule has 0 fully saturated rings. The number of nitrogens with one attached hydrogen (secondary N) is 1. The first kappa shape index (κ1) is 15.0. The molecule has 2 aromatic rings. The van der Waals surface area contributed by atoms with Crippen molar-refractivity contribution in [3.05, 3.63) is 38.5 Å². The Morgan fingerprint density at radius 2 is 2.30 bits per heavy atom. The molecule has 0 amide bonds. The zero-order chi connectivity index (χ0) is 14.4. The zero-order valence-electron chi connectivity index (χ0n) is 12.1. The van der Waals surface area contributed by atoms with Gasteiger partial charge in [-0.25, -0.2) is 4.98 Å². The normalized spacial score (nSPS) is 11.7. The Balaban J connectivity index is 1.81. The van der Waals surface area contributed by atoms with Crippen LogP contribution in [0, 0.1) is 6.92 Å². The first-order valence-corrected chi connectivity index (χ1v) is 8.30. The largest absolute Gasteiger partial charge is 0.356 e. The van der Waals surface area contributed by atoms with Gasteiger partial charge in [-0.2, -0.15) is 0 Å². The molecule has 0 saturated carbocycles. The number of aromatic nitrogens is 1. The highest BCUT2D eigenvalue weighted by Gasteiger charge is 2.08. The topological polar surface area (TPSA) is 40.5 Å². The van der Waals surface area contributed by atoms with Crippen LogP contribution in [-0.2, 0) is 13.0 Å². The molecule has 20 heavy (non-hydrogen) atoms. The lowest BCUT2D eigenvalue weighted by Gasteiger charge is -2.21. The average molecular weight is 308 g/mol. The molecule has 0 atom stereocenters. The van der Waals surface area contributed by atoms with Crippen molar-refractivity contribution in [3.8, 4) is 0 Å². The molecule has 0 aliphatic heterocycles. The van der Waals surface area contributed by atoms with Gasteiger partial charge in [-0.05, 0) is 24.8 Å². The summed E-state index contributed by atoms with van der Waals surface area (Å²) in [7, 11) is 3.85. The number of nitrogens with zero attached hydrogens (tertiary/aromatic N) is 3. The van der Waals surface area contributed by atoms with Gasteiger partial charge < -0.3 is 10.2 Å². The molecule has 4 nitrogen and oxygen atoms in total. The van der Waals surface area contributed by atoms with Crippen LogP contribution in [0.25, 0.3) is 0 Å². The predicted molar refractivity (Wildman–Crippen MR) is 87.7 cm³/mol. The SMILES string of the molecule is CN=C(NCCc1cccs1)N(C)Cc1csc(C)n1. The first-order chi connectivity index (χ1) is 9.69. The fraction of sp³-hybridized carbons (Fsp3) is 0.429. The highest BCUT2D eigenvalue weighted by atomic mass is 32.1. The van der Waals surface area contributed by atoms with Gasteiger partial charge in [0.15, 0.2) is 5.96 Å². The van der Waals surface area contributed by atoms with Crippen LogP contribution in [0.1, 0.15) is 15.6 Å². The van der Waals surface area contributed by atoms with E-state index in [1.54, 1.807) is 22.7 Å². The molecule has 0 unspecified atom stereocenters. The van der Waals surface area contributed by atoms with E-state index in [1.807, 2.05) is 21.0 Å². The maximum absolute atomic E-state index is 4.48. The van der Waals surface area contributed by atoms with Gasteiger partial charge in [0.05, 0.1) is 17.2 Å². The minimum atomic E-state index is 0.781. The average Bonchev–Trinajstić information content (AvgIpc) is 3.06. The van der Waals surface area contributed by atoms with Gasteiger partial charge in [0, 0.05) is 30.9 Å². The summed E-state index contributed by atoms with van der Waals surface area (Å²) in [5, 5.41) is 8.71. The second-order valence-corrected chi connectivity index (χ2v) is 6.61. The van der Waals surface area contributed by atoms with Crippen molar-refractivity contribution in [1.82, 2.24) is 15.2 Å². The monoisotopic (exact) mass is 308 g/mol. The van der Waals surface area contributed by atoms with Crippen molar-refractivity contribution in [2.75, 3.05) is 20.6 Å². The van der Waals surface area contributed by atoms with E-state index in [0.29, 0.717) is 0 Å². The van der Waals surface area contributed by atoms with Crippen molar-refractivity contribution in [1.29, 1.82) is 0 Å². The van der Waals surface area contributed by atoms with E-state index < -0.39 is 0 Å². The Hall–Kier alpha value is -1.40. The van der Waals surface area contributed by atoms with Crippen LogP contribution >= 0.6 is 22.7 Å². The molecular formula is C14H20N4S2. The van der Waals surface area contributed by atoms with E-state index in [4.69, 9.17) is 0 Å². The molecule has 0 spiro atoms. The standard InChI is InChI=1S/C14H20N4S2/c1-11-17-12(10-20-11)9-18(3)14(15-2)16-7-6-13-5-4-8-19-13/h4-5,8,10H,6-7,9H2,1-3H3,(H,15,16). The molecule has 0 aromatic carbocycles. The van der Waals surface area contributed by atoms with E-state index in [1.165, 1.54) is 4.88 Å². The third-order valence-corrected chi connectivity index (χ3v) is 4.63. The van der Waals surface area contributed by atoms with Crippen molar-refractivity contribution in [2.24, 2.45) is 4.99 Å². The maximum Gasteiger partial charge on any atom is 0.193 e. The zero-order valence-corrected chi connectivity index (χ0v) is 13.7. The first-order valence-electron chi connectivity index (χ1n) is 6.54. The summed E-state index contributed by atoms with van der Waals surface area (Å²) < 4.78 is 0. The minimum Gasteiger partial charge on any atom is -0.356 e. The van der Waals surface area contributed by atoms with E-state index in [0.717, 1.165) is 36.2 Å². The van der Waals surface area contributed by atoms with Crippen LogP contribution in [0.15, 0.2) is 27.9 Å². The number of hydrogen-bond acceptors (Lipinski definition) is 4. The third-order valence-electron chi connectivity index (χ3n) is 2.87. The molecule has 2 aromatic heterocycles. The summed E-state index contributed by atoms with van der Waals surface area (Å²) in [6.45, 7) is 3.71. The highest BCUT2D eigenvalue weighted by Crippen LogP contribution is 2.10.